The molecule has 4 nitrogen and oxygen atoms in total. The minimum atomic E-state index is 0.0505. The van der Waals surface area contributed by atoms with Crippen LogP contribution >= 0.6 is 0 Å². The summed E-state index contributed by atoms with van der Waals surface area (Å²) < 4.78 is 1.88. The molecule has 0 bridgehead atoms. The van der Waals surface area contributed by atoms with Crippen LogP contribution in [0.2, 0.25) is 0 Å². The maximum absolute atomic E-state index is 12.5. The van der Waals surface area contributed by atoms with Crippen molar-refractivity contribution in [3.05, 3.63) is 52.3 Å². The first-order chi connectivity index (χ1) is 11.8. The Labute approximate surface area is 151 Å². The van der Waals surface area contributed by atoms with E-state index in [4.69, 9.17) is 0 Å². The molecule has 0 fully saturated rings. The van der Waals surface area contributed by atoms with Crippen LogP contribution in [0.4, 0.5) is 0 Å². The van der Waals surface area contributed by atoms with Gasteiger partial charge in [-0.05, 0) is 49.3 Å². The lowest BCUT2D eigenvalue weighted by Gasteiger charge is -2.23. The van der Waals surface area contributed by atoms with E-state index in [2.05, 4.69) is 62.4 Å². The summed E-state index contributed by atoms with van der Waals surface area (Å²) in [6.45, 7) is 10.5. The zero-order chi connectivity index (χ0) is 18.6. The molecule has 0 radical (unpaired) electrons. The lowest BCUT2D eigenvalue weighted by Crippen LogP contribution is -2.32. The molecule has 1 aromatic carbocycles. The number of benzene rings is 1. The SMILES string of the molecule is CCc1ccc(C(NC(=O)CCc2c(C)nn(C)c2C)C(C)C)cc1. The third-order valence-electron chi connectivity index (χ3n) is 4.99. The molecule has 0 aliphatic heterocycles. The summed E-state index contributed by atoms with van der Waals surface area (Å²) in [5.41, 5.74) is 5.84. The Kier molecular flexibility index (Phi) is 6.40. The number of hydrogen-bond donors (Lipinski definition) is 1. The van der Waals surface area contributed by atoms with Gasteiger partial charge in [0.2, 0.25) is 5.91 Å². The van der Waals surface area contributed by atoms with Crippen molar-refractivity contribution in [1.82, 2.24) is 15.1 Å². The Morgan fingerprint density at radius 1 is 1.20 bits per heavy atom. The highest BCUT2D eigenvalue weighted by atomic mass is 16.1. The van der Waals surface area contributed by atoms with Crippen LogP contribution in [0.3, 0.4) is 0 Å². The Morgan fingerprint density at radius 3 is 2.32 bits per heavy atom. The van der Waals surface area contributed by atoms with Crippen LogP contribution in [-0.4, -0.2) is 15.7 Å². The fraction of sp³-hybridized carbons (Fsp3) is 0.524. The molecule has 1 amide bonds. The summed E-state index contributed by atoms with van der Waals surface area (Å²) in [6, 6.07) is 8.63. The van der Waals surface area contributed by atoms with E-state index in [1.54, 1.807) is 0 Å². The second-order valence-corrected chi connectivity index (χ2v) is 7.16. The molecule has 2 aromatic rings. The molecule has 2 rings (SSSR count). The zero-order valence-electron chi connectivity index (χ0n) is 16.4. The Bertz CT molecular complexity index is 713. The average Bonchev–Trinajstić information content (AvgIpc) is 2.83. The van der Waals surface area contributed by atoms with E-state index in [1.165, 1.54) is 16.7 Å². The van der Waals surface area contributed by atoms with Gasteiger partial charge in [-0.2, -0.15) is 5.10 Å². The van der Waals surface area contributed by atoms with Gasteiger partial charge >= 0.3 is 0 Å². The minimum absolute atomic E-state index is 0.0505. The van der Waals surface area contributed by atoms with E-state index in [1.807, 2.05) is 18.7 Å². The predicted octanol–water partition coefficient (Wildman–Crippen LogP) is 4.05. The molecule has 0 saturated carbocycles. The van der Waals surface area contributed by atoms with Gasteiger partial charge in [0.15, 0.2) is 0 Å². The first-order valence-electron chi connectivity index (χ1n) is 9.20. The van der Waals surface area contributed by atoms with Crippen LogP contribution in [0.25, 0.3) is 0 Å². The van der Waals surface area contributed by atoms with Crippen LogP contribution in [0.5, 0.6) is 0 Å². The summed E-state index contributed by atoms with van der Waals surface area (Å²) in [6.07, 6.45) is 2.25. The largest absolute Gasteiger partial charge is 0.349 e. The van der Waals surface area contributed by atoms with Gasteiger partial charge in [0.05, 0.1) is 11.7 Å². The van der Waals surface area contributed by atoms with Crippen molar-refractivity contribution < 1.29 is 4.79 Å². The standard InChI is InChI=1S/C21H31N3O/c1-7-17-8-10-18(11-9-17)21(14(2)3)22-20(25)13-12-19-15(4)23-24(6)16(19)5/h8-11,14,21H,7,12-13H2,1-6H3,(H,22,25). The lowest BCUT2D eigenvalue weighted by molar-refractivity contribution is -0.122. The van der Waals surface area contributed by atoms with Crippen LogP contribution < -0.4 is 5.32 Å². The third-order valence-corrected chi connectivity index (χ3v) is 4.99. The number of nitrogens with zero attached hydrogens (tertiary/aromatic N) is 2. The molecule has 0 aliphatic rings. The maximum Gasteiger partial charge on any atom is 0.220 e. The maximum atomic E-state index is 12.5. The van der Waals surface area contributed by atoms with E-state index >= 15 is 0 Å². The summed E-state index contributed by atoms with van der Waals surface area (Å²) in [5.74, 6) is 0.444. The van der Waals surface area contributed by atoms with Crippen LogP contribution in [-0.2, 0) is 24.7 Å². The smallest absolute Gasteiger partial charge is 0.220 e. The number of hydrogen-bond acceptors (Lipinski definition) is 2. The number of rotatable bonds is 7. The fourth-order valence-electron chi connectivity index (χ4n) is 3.26. The molecule has 1 aromatic heterocycles. The van der Waals surface area contributed by atoms with Crippen molar-refractivity contribution >= 4 is 5.91 Å². The van der Waals surface area contributed by atoms with Crippen molar-refractivity contribution in [2.45, 2.75) is 59.9 Å². The van der Waals surface area contributed by atoms with Crippen molar-refractivity contribution in [3.63, 3.8) is 0 Å². The van der Waals surface area contributed by atoms with Gasteiger partial charge in [0, 0.05) is 19.2 Å². The van der Waals surface area contributed by atoms with Crippen molar-refractivity contribution in [2.75, 3.05) is 0 Å². The highest BCUT2D eigenvalue weighted by molar-refractivity contribution is 5.76. The monoisotopic (exact) mass is 341 g/mol. The third kappa shape index (κ3) is 4.71. The topological polar surface area (TPSA) is 46.9 Å². The summed E-state index contributed by atoms with van der Waals surface area (Å²) >= 11 is 0. The number of carbonyl (C=O) groups excluding carboxylic acids is 1. The van der Waals surface area contributed by atoms with Gasteiger partial charge in [-0.3, -0.25) is 9.48 Å². The minimum Gasteiger partial charge on any atom is -0.349 e. The number of carbonyl (C=O) groups is 1. The molecule has 0 spiro atoms. The second-order valence-electron chi connectivity index (χ2n) is 7.16. The normalized spacial score (nSPS) is 12.4. The van der Waals surface area contributed by atoms with Gasteiger partial charge < -0.3 is 5.32 Å². The number of aromatic nitrogens is 2. The van der Waals surface area contributed by atoms with E-state index in [0.717, 1.165) is 24.2 Å². The zero-order valence-corrected chi connectivity index (χ0v) is 16.4. The molecular formula is C21H31N3O. The summed E-state index contributed by atoms with van der Waals surface area (Å²) in [4.78, 5) is 12.5. The molecule has 1 atom stereocenters. The number of amides is 1. The van der Waals surface area contributed by atoms with E-state index in [-0.39, 0.29) is 11.9 Å². The lowest BCUT2D eigenvalue weighted by atomic mass is 9.94. The van der Waals surface area contributed by atoms with Gasteiger partial charge in [-0.25, -0.2) is 0 Å². The summed E-state index contributed by atoms with van der Waals surface area (Å²) in [5, 5.41) is 7.65. The van der Waals surface area contributed by atoms with Crippen LogP contribution in [0, 0.1) is 19.8 Å². The predicted molar refractivity (Wildman–Crippen MR) is 103 cm³/mol. The van der Waals surface area contributed by atoms with Gasteiger partial charge in [0.1, 0.15) is 0 Å². The molecule has 1 heterocycles. The van der Waals surface area contributed by atoms with Gasteiger partial charge in [-0.1, -0.05) is 45.0 Å². The first kappa shape index (κ1) is 19.2. The number of aryl methyl sites for hydroxylation is 3. The molecule has 1 N–H and O–H groups in total. The summed E-state index contributed by atoms with van der Waals surface area (Å²) in [7, 11) is 1.95. The van der Waals surface area contributed by atoms with E-state index in [0.29, 0.717) is 12.3 Å². The molecule has 4 heteroatoms. The van der Waals surface area contributed by atoms with Gasteiger partial charge in [-0.15, -0.1) is 0 Å². The van der Waals surface area contributed by atoms with Crippen LogP contribution in [0.15, 0.2) is 24.3 Å². The molecule has 0 saturated heterocycles. The Hall–Kier alpha value is -2.10. The fourth-order valence-corrected chi connectivity index (χ4v) is 3.26. The average molecular weight is 341 g/mol. The number of nitrogens with one attached hydrogen (secondary N) is 1. The van der Waals surface area contributed by atoms with E-state index < -0.39 is 0 Å². The molecule has 1 unspecified atom stereocenters. The highest BCUT2D eigenvalue weighted by Gasteiger charge is 2.19. The highest BCUT2D eigenvalue weighted by Crippen LogP contribution is 2.23. The molecule has 136 valence electrons. The molecule has 0 aliphatic carbocycles. The Balaban J connectivity index is 2.02. The Morgan fingerprint density at radius 2 is 1.84 bits per heavy atom. The van der Waals surface area contributed by atoms with Crippen molar-refractivity contribution in [1.29, 1.82) is 0 Å². The molecule has 25 heavy (non-hydrogen) atoms. The van der Waals surface area contributed by atoms with E-state index in [9.17, 15) is 4.79 Å². The van der Waals surface area contributed by atoms with Crippen molar-refractivity contribution in [2.24, 2.45) is 13.0 Å². The first-order valence-corrected chi connectivity index (χ1v) is 9.20. The van der Waals surface area contributed by atoms with Crippen LogP contribution in [0.1, 0.15) is 61.3 Å². The van der Waals surface area contributed by atoms with Gasteiger partial charge in [0.25, 0.3) is 0 Å². The second kappa shape index (κ2) is 8.32. The van der Waals surface area contributed by atoms with Crippen molar-refractivity contribution in [3.8, 4) is 0 Å². The quantitative estimate of drug-likeness (QED) is 0.826. The molecular weight excluding hydrogens is 310 g/mol.